The summed E-state index contributed by atoms with van der Waals surface area (Å²) < 4.78 is 10.4. The maximum atomic E-state index is 5.54. The average molecular weight is 246 g/mol. The molecule has 1 aromatic carbocycles. The molecule has 1 aromatic heterocycles. The fourth-order valence-electron chi connectivity index (χ4n) is 1.59. The Morgan fingerprint density at radius 1 is 0.944 bits per heavy atom. The van der Waals surface area contributed by atoms with E-state index in [1.54, 1.807) is 0 Å². The molecule has 94 valence electrons. The maximum Gasteiger partial charge on any atom is 0.330 e. The molecule has 0 aliphatic rings. The highest BCUT2D eigenvalue weighted by atomic mass is 16.5. The van der Waals surface area contributed by atoms with Crippen LogP contribution in [0.25, 0.3) is 0 Å². The summed E-state index contributed by atoms with van der Waals surface area (Å²) in [7, 11) is 1.45. The van der Waals surface area contributed by atoms with Gasteiger partial charge in [-0.2, -0.15) is 9.97 Å². The van der Waals surface area contributed by atoms with Gasteiger partial charge in [-0.1, -0.05) is 6.07 Å². The minimum Gasteiger partial charge on any atom is -0.467 e. The van der Waals surface area contributed by atoms with Gasteiger partial charge in [0.1, 0.15) is 5.75 Å². The Balaban J connectivity index is 2.30. The second kappa shape index (κ2) is 4.87. The zero-order chi connectivity index (χ0) is 13.1. The first-order valence-corrected chi connectivity index (χ1v) is 5.38. The Morgan fingerprint density at radius 3 is 2.17 bits per heavy atom. The van der Waals surface area contributed by atoms with Crippen LogP contribution >= 0.6 is 0 Å². The van der Waals surface area contributed by atoms with Crippen LogP contribution in [0, 0.1) is 13.8 Å². The average Bonchev–Trinajstić information content (AvgIpc) is 2.26. The largest absolute Gasteiger partial charge is 0.467 e. The Hall–Kier alpha value is -2.37. The molecule has 2 aromatic rings. The molecule has 1 heterocycles. The molecule has 0 atom stereocenters. The van der Waals surface area contributed by atoms with Crippen molar-refractivity contribution in [2.24, 2.45) is 0 Å². The first-order valence-electron chi connectivity index (χ1n) is 5.38. The number of nitrogen functional groups attached to an aromatic ring is 1. The van der Waals surface area contributed by atoms with Crippen LogP contribution in [0.1, 0.15) is 11.1 Å². The zero-order valence-corrected chi connectivity index (χ0v) is 10.5. The summed E-state index contributed by atoms with van der Waals surface area (Å²) in [5, 5.41) is 0. The fraction of sp³-hybridized carbons (Fsp3) is 0.250. The Labute approximate surface area is 105 Å². The number of benzene rings is 1. The lowest BCUT2D eigenvalue weighted by atomic mass is 10.1. The number of hydrogen-bond donors (Lipinski definition) is 1. The molecule has 0 saturated carbocycles. The molecule has 0 aliphatic heterocycles. The van der Waals surface area contributed by atoms with E-state index in [2.05, 4.69) is 21.0 Å². The van der Waals surface area contributed by atoms with Crippen LogP contribution in [-0.2, 0) is 0 Å². The third-order valence-corrected chi connectivity index (χ3v) is 2.20. The van der Waals surface area contributed by atoms with Crippen molar-refractivity contribution in [3.8, 4) is 17.8 Å². The van der Waals surface area contributed by atoms with E-state index in [1.165, 1.54) is 7.11 Å². The lowest BCUT2D eigenvalue weighted by Crippen LogP contribution is -2.02. The number of nitrogens with zero attached hydrogens (tertiary/aromatic N) is 3. The number of aromatic nitrogens is 3. The highest BCUT2D eigenvalue weighted by Crippen LogP contribution is 2.22. The van der Waals surface area contributed by atoms with Gasteiger partial charge in [0.2, 0.25) is 5.95 Å². The van der Waals surface area contributed by atoms with E-state index in [9.17, 15) is 0 Å². The molecule has 0 radical (unpaired) electrons. The van der Waals surface area contributed by atoms with Gasteiger partial charge < -0.3 is 15.2 Å². The molecule has 0 fully saturated rings. The third kappa shape index (κ3) is 2.85. The molecule has 6 heteroatoms. The van der Waals surface area contributed by atoms with Crippen molar-refractivity contribution in [3.05, 3.63) is 29.3 Å². The predicted octanol–water partition coefficient (Wildman–Crippen LogP) is 1.87. The summed E-state index contributed by atoms with van der Waals surface area (Å²) in [6.45, 7) is 3.98. The minimum atomic E-state index is 0.0567. The quantitative estimate of drug-likeness (QED) is 0.890. The molecule has 2 N–H and O–H groups in total. The Bertz CT molecular complexity index is 552. The van der Waals surface area contributed by atoms with Crippen LogP contribution in [0.2, 0.25) is 0 Å². The number of aryl methyl sites for hydroxylation is 2. The van der Waals surface area contributed by atoms with Crippen molar-refractivity contribution in [1.29, 1.82) is 0 Å². The lowest BCUT2D eigenvalue weighted by molar-refractivity contribution is 0.360. The number of nitrogens with two attached hydrogens (primary N) is 1. The molecule has 0 bridgehead atoms. The van der Waals surface area contributed by atoms with Crippen molar-refractivity contribution in [2.45, 2.75) is 13.8 Å². The Kier molecular flexibility index (Phi) is 3.27. The van der Waals surface area contributed by atoms with Gasteiger partial charge in [0.05, 0.1) is 7.11 Å². The van der Waals surface area contributed by atoms with Crippen molar-refractivity contribution in [1.82, 2.24) is 15.0 Å². The Morgan fingerprint density at radius 2 is 1.56 bits per heavy atom. The first-order chi connectivity index (χ1) is 8.56. The molecule has 2 rings (SSSR count). The summed E-state index contributed by atoms with van der Waals surface area (Å²) in [6, 6.07) is 6.07. The van der Waals surface area contributed by atoms with Crippen LogP contribution in [0.4, 0.5) is 5.95 Å². The van der Waals surface area contributed by atoms with Crippen molar-refractivity contribution in [3.63, 3.8) is 0 Å². The number of rotatable bonds is 3. The van der Waals surface area contributed by atoms with E-state index >= 15 is 0 Å². The lowest BCUT2D eigenvalue weighted by Gasteiger charge is -2.07. The highest BCUT2D eigenvalue weighted by Gasteiger charge is 2.07. The van der Waals surface area contributed by atoms with E-state index < -0.39 is 0 Å². The maximum absolute atomic E-state index is 5.54. The van der Waals surface area contributed by atoms with Gasteiger partial charge in [-0.3, -0.25) is 0 Å². The zero-order valence-electron chi connectivity index (χ0n) is 10.5. The van der Waals surface area contributed by atoms with E-state index in [-0.39, 0.29) is 18.0 Å². The van der Waals surface area contributed by atoms with Gasteiger partial charge >= 0.3 is 12.0 Å². The fourth-order valence-corrected chi connectivity index (χ4v) is 1.59. The molecule has 18 heavy (non-hydrogen) atoms. The van der Waals surface area contributed by atoms with Crippen LogP contribution in [0.5, 0.6) is 17.8 Å². The molecule has 0 spiro atoms. The molecule has 0 saturated heterocycles. The summed E-state index contributed by atoms with van der Waals surface area (Å²) in [4.78, 5) is 11.6. The van der Waals surface area contributed by atoms with Crippen LogP contribution < -0.4 is 15.2 Å². The normalized spacial score (nSPS) is 10.2. The first kappa shape index (κ1) is 12.1. The number of ether oxygens (including phenoxy) is 2. The number of methoxy groups -OCH3 is 1. The van der Waals surface area contributed by atoms with Gasteiger partial charge in [-0.05, 0) is 37.1 Å². The monoisotopic (exact) mass is 246 g/mol. The molecule has 0 unspecified atom stereocenters. The van der Waals surface area contributed by atoms with Gasteiger partial charge in [0.25, 0.3) is 0 Å². The van der Waals surface area contributed by atoms with Crippen molar-refractivity contribution < 1.29 is 9.47 Å². The van der Waals surface area contributed by atoms with Gasteiger partial charge in [-0.25, -0.2) is 0 Å². The van der Waals surface area contributed by atoms with Crippen molar-refractivity contribution in [2.75, 3.05) is 12.8 Å². The van der Waals surface area contributed by atoms with E-state index in [4.69, 9.17) is 15.2 Å². The smallest absolute Gasteiger partial charge is 0.330 e. The van der Waals surface area contributed by atoms with Crippen LogP contribution in [0.15, 0.2) is 18.2 Å². The topological polar surface area (TPSA) is 83.2 Å². The molecule has 0 aliphatic carbocycles. The van der Waals surface area contributed by atoms with Gasteiger partial charge in [-0.15, -0.1) is 4.98 Å². The number of hydrogen-bond acceptors (Lipinski definition) is 6. The summed E-state index contributed by atoms with van der Waals surface area (Å²) in [5.74, 6) is 0.710. The van der Waals surface area contributed by atoms with Gasteiger partial charge in [0.15, 0.2) is 0 Å². The van der Waals surface area contributed by atoms with E-state index in [1.807, 2.05) is 26.0 Å². The summed E-state index contributed by atoms with van der Waals surface area (Å²) in [6.07, 6.45) is 0. The second-order valence-corrected chi connectivity index (χ2v) is 3.89. The molecular formula is C12H14N4O2. The molecule has 0 amide bonds. The van der Waals surface area contributed by atoms with Crippen LogP contribution in [0.3, 0.4) is 0 Å². The SMILES string of the molecule is COc1nc(N)nc(Oc2cc(C)cc(C)c2)n1. The predicted molar refractivity (Wildman–Crippen MR) is 66.8 cm³/mol. The summed E-state index contributed by atoms with van der Waals surface area (Å²) >= 11 is 0. The molecular weight excluding hydrogens is 232 g/mol. The third-order valence-electron chi connectivity index (χ3n) is 2.20. The van der Waals surface area contributed by atoms with Crippen LogP contribution in [-0.4, -0.2) is 22.1 Å². The summed E-state index contributed by atoms with van der Waals surface area (Å²) in [5.41, 5.74) is 7.72. The second-order valence-electron chi connectivity index (χ2n) is 3.89. The number of anilines is 1. The van der Waals surface area contributed by atoms with Crippen molar-refractivity contribution >= 4 is 5.95 Å². The highest BCUT2D eigenvalue weighted by molar-refractivity contribution is 5.35. The minimum absolute atomic E-state index is 0.0567. The van der Waals surface area contributed by atoms with E-state index in [0.29, 0.717) is 5.75 Å². The van der Waals surface area contributed by atoms with E-state index in [0.717, 1.165) is 11.1 Å². The van der Waals surface area contributed by atoms with Gasteiger partial charge in [0, 0.05) is 0 Å². The molecule has 6 nitrogen and oxygen atoms in total. The standard InChI is InChI=1S/C12H14N4O2/c1-7-4-8(2)6-9(5-7)18-12-15-10(13)14-11(16-12)17-3/h4-6H,1-3H3,(H2,13,14,15,16).